The van der Waals surface area contributed by atoms with Crippen LogP contribution in [0.25, 0.3) is 10.9 Å². The van der Waals surface area contributed by atoms with E-state index in [0.29, 0.717) is 18.3 Å². The number of H-pyrrole nitrogens is 1. The summed E-state index contributed by atoms with van der Waals surface area (Å²) in [6.07, 6.45) is 16.3. The minimum Gasteiger partial charge on any atom is -0.390 e. The zero-order chi connectivity index (χ0) is 35.9. The highest BCUT2D eigenvalue weighted by molar-refractivity contribution is 5.80. The lowest BCUT2D eigenvalue weighted by Gasteiger charge is -2.58. The van der Waals surface area contributed by atoms with Crippen molar-refractivity contribution in [2.45, 2.75) is 120 Å². The van der Waals surface area contributed by atoms with Crippen molar-refractivity contribution in [1.82, 2.24) is 15.6 Å². The predicted molar refractivity (Wildman–Crippen MR) is 206 cm³/mol. The molecular weight excluding hydrogens is 647 g/mol. The zero-order valence-electron chi connectivity index (χ0n) is 31.3. The SMILES string of the molecule is CN=C(N)N[C@@H]1C#C[C@H]2C[C@]3(C=C(Cc4cc5ccccc5[nH]4)[C@]24C[C@@H]2CC[C@H]4[C@H]4[C@H](C[C@H](O)[C@@]4(O)C1)[C@@]2(O)C1CCCCC1)CC[C@@H](CNC)C3. The third-order valence-electron chi connectivity index (χ3n) is 16.1. The zero-order valence-corrected chi connectivity index (χ0v) is 31.3. The topological polar surface area (TPSA) is 139 Å². The van der Waals surface area contributed by atoms with E-state index in [-0.39, 0.29) is 52.8 Å². The molecule has 52 heavy (non-hydrogen) atoms. The molecule has 8 heteroatoms. The molecular formula is C44H61N5O3. The molecule has 0 saturated heterocycles. The normalized spacial score (nSPS) is 44.3. The number of allylic oxidation sites excluding steroid dienone is 2. The van der Waals surface area contributed by atoms with Gasteiger partial charge in [-0.1, -0.05) is 61.0 Å². The third kappa shape index (κ3) is 5.27. The molecule has 0 amide bonds. The van der Waals surface area contributed by atoms with Crippen LogP contribution in [0.1, 0.15) is 95.6 Å². The van der Waals surface area contributed by atoms with E-state index in [1.54, 1.807) is 7.05 Å². The minimum absolute atomic E-state index is 0.0600. The molecule has 0 aliphatic heterocycles. The van der Waals surface area contributed by atoms with Gasteiger partial charge in [0.15, 0.2) is 5.96 Å². The summed E-state index contributed by atoms with van der Waals surface area (Å²) in [7, 11) is 3.74. The number of aliphatic imine (C=N–C) groups is 1. The molecule has 1 heterocycles. The van der Waals surface area contributed by atoms with Crippen molar-refractivity contribution in [1.29, 1.82) is 0 Å². The summed E-state index contributed by atoms with van der Waals surface area (Å²) in [6, 6.07) is 10.5. The summed E-state index contributed by atoms with van der Waals surface area (Å²) >= 11 is 0. The van der Waals surface area contributed by atoms with E-state index in [1.807, 2.05) is 0 Å². The fourth-order valence-corrected chi connectivity index (χ4v) is 14.2. The van der Waals surface area contributed by atoms with E-state index in [9.17, 15) is 15.3 Å². The number of hydrogen-bond acceptors (Lipinski definition) is 5. The molecule has 6 saturated carbocycles. The van der Waals surface area contributed by atoms with E-state index >= 15 is 0 Å². The number of nitrogens with one attached hydrogen (secondary N) is 3. The van der Waals surface area contributed by atoms with Crippen molar-refractivity contribution in [3.8, 4) is 11.8 Å². The van der Waals surface area contributed by atoms with Crippen molar-refractivity contribution in [3.63, 3.8) is 0 Å². The van der Waals surface area contributed by atoms with Gasteiger partial charge in [-0.05, 0) is 136 Å². The fraction of sp³-hybridized carbons (Fsp3) is 0.705. The van der Waals surface area contributed by atoms with Gasteiger partial charge in [0.2, 0.25) is 0 Å². The molecule has 8 N–H and O–H groups in total. The maximum Gasteiger partial charge on any atom is 0.189 e. The first-order valence-electron chi connectivity index (χ1n) is 20.7. The van der Waals surface area contributed by atoms with Crippen LogP contribution in [0.2, 0.25) is 0 Å². The number of aliphatic hydroxyl groups excluding tert-OH is 1. The number of nitrogens with zero attached hydrogens (tertiary/aromatic N) is 1. The first-order chi connectivity index (χ1) is 25.1. The Bertz CT molecular complexity index is 1770. The second-order valence-electron chi connectivity index (χ2n) is 18.5. The molecule has 10 rings (SSSR count). The number of rotatable bonds is 6. The highest BCUT2D eigenvalue weighted by atomic mass is 16.3. The number of hydrogen-bond donors (Lipinski definition) is 7. The second kappa shape index (κ2) is 12.9. The van der Waals surface area contributed by atoms with Crippen LogP contribution in [0, 0.1) is 64.1 Å². The highest BCUT2D eigenvalue weighted by Gasteiger charge is 2.73. The lowest BCUT2D eigenvalue weighted by atomic mass is 9.46. The van der Waals surface area contributed by atoms with Gasteiger partial charge >= 0.3 is 0 Å². The van der Waals surface area contributed by atoms with Crippen LogP contribution in [0.5, 0.6) is 0 Å². The van der Waals surface area contributed by atoms with E-state index in [0.717, 1.165) is 82.7 Å². The Labute approximate surface area is 309 Å². The first kappa shape index (κ1) is 34.9. The number of benzene rings is 1. The molecule has 8 aliphatic carbocycles. The van der Waals surface area contributed by atoms with Crippen molar-refractivity contribution >= 4 is 16.9 Å². The minimum atomic E-state index is -1.41. The van der Waals surface area contributed by atoms with Crippen LogP contribution in [0.4, 0.5) is 0 Å². The Kier molecular flexibility index (Phi) is 8.66. The average Bonchev–Trinajstić information content (AvgIpc) is 3.78. The molecule has 1 aromatic carbocycles. The van der Waals surface area contributed by atoms with Gasteiger partial charge in [0.1, 0.15) is 0 Å². The number of aromatic nitrogens is 1. The van der Waals surface area contributed by atoms with E-state index in [4.69, 9.17) is 5.73 Å². The molecule has 0 radical (unpaired) electrons. The van der Waals surface area contributed by atoms with Gasteiger partial charge < -0.3 is 36.7 Å². The first-order valence-corrected chi connectivity index (χ1v) is 20.7. The maximum atomic E-state index is 13.6. The Hall–Kier alpha value is -2.83. The van der Waals surface area contributed by atoms with Gasteiger partial charge in [0, 0.05) is 42.4 Å². The van der Waals surface area contributed by atoms with Crippen molar-refractivity contribution in [2.24, 2.45) is 63.0 Å². The van der Waals surface area contributed by atoms with E-state index in [2.05, 4.69) is 75.9 Å². The van der Waals surface area contributed by atoms with Gasteiger partial charge in [-0.15, -0.1) is 0 Å². The van der Waals surface area contributed by atoms with Crippen LogP contribution in [-0.4, -0.2) is 70.3 Å². The van der Waals surface area contributed by atoms with Gasteiger partial charge in [-0.2, -0.15) is 0 Å². The van der Waals surface area contributed by atoms with Gasteiger partial charge in [0.05, 0.1) is 23.3 Å². The summed E-state index contributed by atoms with van der Waals surface area (Å²) in [5, 5.41) is 47.1. The van der Waals surface area contributed by atoms with Crippen LogP contribution >= 0.6 is 0 Å². The summed E-state index contributed by atoms with van der Waals surface area (Å²) in [5.74, 6) is 8.63. The van der Waals surface area contributed by atoms with Crippen LogP contribution in [-0.2, 0) is 6.42 Å². The van der Waals surface area contributed by atoms with Crippen molar-refractivity contribution in [3.05, 3.63) is 47.7 Å². The molecule has 2 aromatic rings. The van der Waals surface area contributed by atoms with Crippen molar-refractivity contribution in [2.75, 3.05) is 20.6 Å². The Morgan fingerprint density at radius 3 is 2.60 bits per heavy atom. The summed E-state index contributed by atoms with van der Waals surface area (Å²) < 4.78 is 0. The molecule has 4 bridgehead atoms. The van der Waals surface area contributed by atoms with Gasteiger partial charge in [-0.3, -0.25) is 4.99 Å². The number of nitrogens with two attached hydrogens (primary N) is 1. The van der Waals surface area contributed by atoms with Gasteiger partial charge in [-0.25, -0.2) is 0 Å². The van der Waals surface area contributed by atoms with Crippen LogP contribution in [0.3, 0.4) is 0 Å². The average molecular weight is 708 g/mol. The Morgan fingerprint density at radius 1 is 0.981 bits per heavy atom. The molecule has 8 nitrogen and oxygen atoms in total. The molecule has 2 spiro atoms. The number of aliphatic hydroxyl groups is 3. The van der Waals surface area contributed by atoms with Crippen LogP contribution in [0.15, 0.2) is 47.0 Å². The molecule has 280 valence electrons. The standard InChI is InChI=1S/C44H61N5O3/c1-46-26-27-16-17-41(21-27)22-30-12-14-33(49-40(45)47-2)25-43(51)38(50)20-36-39(43)35-15-13-31(44(36,52)29-9-4-3-5-10-29)24-42(30,35)32(23-41)19-34-18-28-8-6-7-11-37(28)48-34/h6-8,11,18,23,27,29-31,33,35-36,38-39,46,48,50-52H,3-5,9-10,13,15-17,19-22,24-26H2,1-2H3,(H3,45,47,49)/t27-,30+,31+,33-,35+,36+,38+,39+,41+,42+,43+,44-/m1/s1. The van der Waals surface area contributed by atoms with Crippen LogP contribution < -0.4 is 16.4 Å². The molecule has 1 aromatic heterocycles. The predicted octanol–water partition coefficient (Wildman–Crippen LogP) is 5.43. The molecule has 6 fully saturated rings. The smallest absolute Gasteiger partial charge is 0.189 e. The quantitative estimate of drug-likeness (QED) is 0.0926. The monoisotopic (exact) mass is 707 g/mol. The number of para-hydroxylation sites is 1. The second-order valence-corrected chi connectivity index (χ2v) is 18.5. The van der Waals surface area contributed by atoms with Gasteiger partial charge in [0.25, 0.3) is 0 Å². The lowest BCUT2D eigenvalue weighted by Crippen LogP contribution is -2.56. The van der Waals surface area contributed by atoms with E-state index < -0.39 is 23.3 Å². The third-order valence-corrected chi connectivity index (χ3v) is 16.1. The number of aromatic amines is 1. The summed E-state index contributed by atoms with van der Waals surface area (Å²) in [4.78, 5) is 8.02. The number of guanidine groups is 1. The molecule has 12 atom stereocenters. The Balaban J connectivity index is 1.27. The Morgan fingerprint density at radius 2 is 1.81 bits per heavy atom. The summed E-state index contributed by atoms with van der Waals surface area (Å²) in [5.41, 5.74) is 7.58. The molecule has 0 unspecified atom stereocenters. The summed E-state index contributed by atoms with van der Waals surface area (Å²) in [6.45, 7) is 1.03. The number of fused-ring (bicyclic) bond motifs is 2. The fourth-order valence-electron chi connectivity index (χ4n) is 14.2. The van der Waals surface area contributed by atoms with E-state index in [1.165, 1.54) is 29.5 Å². The largest absolute Gasteiger partial charge is 0.390 e. The molecule has 8 aliphatic rings. The highest BCUT2D eigenvalue weighted by Crippen LogP contribution is 2.73. The van der Waals surface area contributed by atoms with Crippen molar-refractivity contribution < 1.29 is 15.3 Å². The maximum absolute atomic E-state index is 13.6. The lowest BCUT2D eigenvalue weighted by molar-refractivity contribution is -0.142.